The van der Waals surface area contributed by atoms with Gasteiger partial charge in [0.2, 0.25) is 0 Å². The van der Waals surface area contributed by atoms with E-state index < -0.39 is 0 Å². The van der Waals surface area contributed by atoms with Crippen LogP contribution in [0.2, 0.25) is 0 Å². The molecule has 1 N–H and O–H groups in total. The summed E-state index contributed by atoms with van der Waals surface area (Å²) in [6.07, 6.45) is 0.803. The molecule has 0 aliphatic carbocycles. The van der Waals surface area contributed by atoms with Crippen molar-refractivity contribution in [1.29, 1.82) is 0 Å². The fourth-order valence-corrected chi connectivity index (χ4v) is 2.29. The summed E-state index contributed by atoms with van der Waals surface area (Å²) >= 11 is 0. The maximum absolute atomic E-state index is 10.4. The van der Waals surface area contributed by atoms with Gasteiger partial charge < -0.3 is 10.0 Å². The Morgan fingerprint density at radius 3 is 2.28 bits per heavy atom. The molecule has 0 aliphatic heterocycles. The highest BCUT2D eigenvalue weighted by Crippen LogP contribution is 2.23. The minimum atomic E-state index is -0.364. The van der Waals surface area contributed by atoms with Gasteiger partial charge in [0.25, 0.3) is 0 Å². The first-order valence-corrected chi connectivity index (χ1v) is 7.05. The topological polar surface area (TPSA) is 23.5 Å². The SMILES string of the molecule is CCCN(CC)CC(C)C(O)c1ccc(C)cc1. The summed E-state index contributed by atoms with van der Waals surface area (Å²) in [7, 11) is 0. The molecule has 0 fully saturated rings. The maximum atomic E-state index is 10.4. The van der Waals surface area contributed by atoms with Crippen molar-refractivity contribution in [3.05, 3.63) is 35.4 Å². The third kappa shape index (κ3) is 4.43. The molecule has 1 aromatic carbocycles. The van der Waals surface area contributed by atoms with Crippen LogP contribution in [0.3, 0.4) is 0 Å². The zero-order chi connectivity index (χ0) is 13.5. The van der Waals surface area contributed by atoms with Crippen molar-refractivity contribution in [3.8, 4) is 0 Å². The number of benzene rings is 1. The summed E-state index contributed by atoms with van der Waals surface area (Å²) in [6.45, 7) is 11.7. The van der Waals surface area contributed by atoms with Crippen molar-refractivity contribution in [2.45, 2.75) is 40.2 Å². The van der Waals surface area contributed by atoms with Crippen LogP contribution in [0.1, 0.15) is 44.4 Å². The first-order valence-electron chi connectivity index (χ1n) is 7.05. The van der Waals surface area contributed by atoms with E-state index >= 15 is 0 Å². The van der Waals surface area contributed by atoms with Crippen molar-refractivity contribution in [2.24, 2.45) is 5.92 Å². The van der Waals surface area contributed by atoms with Crippen LogP contribution in [0.5, 0.6) is 0 Å². The van der Waals surface area contributed by atoms with E-state index in [-0.39, 0.29) is 12.0 Å². The molecule has 0 aliphatic rings. The molecule has 0 aromatic heterocycles. The van der Waals surface area contributed by atoms with Crippen LogP contribution in [-0.4, -0.2) is 29.6 Å². The Bertz CT molecular complexity index is 333. The summed E-state index contributed by atoms with van der Waals surface area (Å²) in [5.74, 6) is 0.263. The normalized spacial score (nSPS) is 14.8. The van der Waals surface area contributed by atoms with Gasteiger partial charge in [0, 0.05) is 6.54 Å². The summed E-state index contributed by atoms with van der Waals surface area (Å²) in [5.41, 5.74) is 2.26. The number of rotatable bonds is 7. The molecule has 102 valence electrons. The number of hydrogen-bond donors (Lipinski definition) is 1. The fraction of sp³-hybridized carbons (Fsp3) is 0.625. The summed E-state index contributed by atoms with van der Waals surface area (Å²) in [5, 5.41) is 10.4. The molecular formula is C16H27NO. The van der Waals surface area contributed by atoms with Gasteiger partial charge in [-0.3, -0.25) is 0 Å². The van der Waals surface area contributed by atoms with E-state index in [4.69, 9.17) is 0 Å². The van der Waals surface area contributed by atoms with E-state index in [0.29, 0.717) is 0 Å². The Kier molecular flexibility index (Phi) is 6.37. The highest BCUT2D eigenvalue weighted by atomic mass is 16.3. The van der Waals surface area contributed by atoms with E-state index in [1.165, 1.54) is 12.0 Å². The largest absolute Gasteiger partial charge is 0.388 e. The van der Waals surface area contributed by atoms with Gasteiger partial charge in [0.05, 0.1) is 6.10 Å². The predicted octanol–water partition coefficient (Wildman–Crippen LogP) is 3.40. The molecule has 1 aromatic rings. The van der Waals surface area contributed by atoms with Gasteiger partial charge >= 0.3 is 0 Å². The average molecular weight is 249 g/mol. The molecule has 0 heterocycles. The predicted molar refractivity (Wildman–Crippen MR) is 77.7 cm³/mol. The van der Waals surface area contributed by atoms with Crippen LogP contribution in [-0.2, 0) is 0 Å². The van der Waals surface area contributed by atoms with Crippen LogP contribution < -0.4 is 0 Å². The van der Waals surface area contributed by atoms with E-state index in [1.807, 2.05) is 12.1 Å². The molecular weight excluding hydrogens is 222 g/mol. The molecule has 0 saturated carbocycles. The summed E-state index contributed by atoms with van der Waals surface area (Å²) < 4.78 is 0. The molecule has 2 atom stereocenters. The molecule has 1 rings (SSSR count). The molecule has 2 unspecified atom stereocenters. The molecule has 0 amide bonds. The third-order valence-corrected chi connectivity index (χ3v) is 3.49. The van der Waals surface area contributed by atoms with Crippen molar-refractivity contribution in [2.75, 3.05) is 19.6 Å². The highest BCUT2D eigenvalue weighted by Gasteiger charge is 2.18. The average Bonchev–Trinajstić information content (AvgIpc) is 2.38. The lowest BCUT2D eigenvalue weighted by Crippen LogP contribution is -2.31. The Labute approximate surface area is 112 Å². The summed E-state index contributed by atoms with van der Waals surface area (Å²) in [6, 6.07) is 8.20. The van der Waals surface area contributed by atoms with Crippen molar-refractivity contribution >= 4 is 0 Å². The lowest BCUT2D eigenvalue weighted by molar-refractivity contribution is 0.0896. The number of hydrogen-bond acceptors (Lipinski definition) is 2. The minimum Gasteiger partial charge on any atom is -0.388 e. The number of nitrogens with zero attached hydrogens (tertiary/aromatic N) is 1. The quantitative estimate of drug-likeness (QED) is 0.800. The molecule has 18 heavy (non-hydrogen) atoms. The van der Waals surface area contributed by atoms with Gasteiger partial charge in [-0.15, -0.1) is 0 Å². The first kappa shape index (κ1) is 15.2. The number of aryl methyl sites for hydroxylation is 1. The van der Waals surface area contributed by atoms with Gasteiger partial charge in [0.15, 0.2) is 0 Å². The molecule has 0 saturated heterocycles. The number of aliphatic hydroxyl groups excluding tert-OH is 1. The minimum absolute atomic E-state index is 0.263. The van der Waals surface area contributed by atoms with Crippen LogP contribution >= 0.6 is 0 Å². The second-order valence-corrected chi connectivity index (χ2v) is 5.23. The molecule has 2 nitrogen and oxygen atoms in total. The molecule has 0 bridgehead atoms. The standard InChI is InChI=1S/C16H27NO/c1-5-11-17(6-2)12-14(4)16(18)15-9-7-13(3)8-10-15/h7-10,14,16,18H,5-6,11-12H2,1-4H3. The maximum Gasteiger partial charge on any atom is 0.0827 e. The summed E-state index contributed by atoms with van der Waals surface area (Å²) in [4.78, 5) is 2.40. The lowest BCUT2D eigenvalue weighted by Gasteiger charge is -2.27. The fourth-order valence-electron chi connectivity index (χ4n) is 2.29. The lowest BCUT2D eigenvalue weighted by atomic mass is 9.96. The van der Waals surface area contributed by atoms with E-state index in [0.717, 1.165) is 25.2 Å². The smallest absolute Gasteiger partial charge is 0.0827 e. The van der Waals surface area contributed by atoms with Crippen LogP contribution in [0.4, 0.5) is 0 Å². The van der Waals surface area contributed by atoms with Gasteiger partial charge in [-0.2, -0.15) is 0 Å². The second kappa shape index (κ2) is 7.55. The van der Waals surface area contributed by atoms with Crippen molar-refractivity contribution < 1.29 is 5.11 Å². The molecule has 0 radical (unpaired) electrons. The van der Waals surface area contributed by atoms with Crippen LogP contribution in [0, 0.1) is 12.8 Å². The van der Waals surface area contributed by atoms with E-state index in [1.54, 1.807) is 0 Å². The Morgan fingerprint density at radius 2 is 1.78 bits per heavy atom. The Morgan fingerprint density at radius 1 is 1.17 bits per heavy atom. The van der Waals surface area contributed by atoms with Crippen molar-refractivity contribution in [1.82, 2.24) is 4.90 Å². The first-order chi connectivity index (χ1) is 8.58. The number of aliphatic hydroxyl groups is 1. The molecule has 0 spiro atoms. The Balaban J connectivity index is 2.59. The zero-order valence-electron chi connectivity index (χ0n) is 12.2. The van der Waals surface area contributed by atoms with E-state index in [2.05, 4.69) is 44.7 Å². The van der Waals surface area contributed by atoms with Gasteiger partial charge in [-0.25, -0.2) is 0 Å². The third-order valence-electron chi connectivity index (χ3n) is 3.49. The highest BCUT2D eigenvalue weighted by molar-refractivity contribution is 5.23. The van der Waals surface area contributed by atoms with Crippen molar-refractivity contribution in [3.63, 3.8) is 0 Å². The van der Waals surface area contributed by atoms with Gasteiger partial charge in [-0.1, -0.05) is 50.6 Å². The second-order valence-electron chi connectivity index (χ2n) is 5.23. The van der Waals surface area contributed by atoms with Gasteiger partial charge in [0.1, 0.15) is 0 Å². The van der Waals surface area contributed by atoms with Crippen LogP contribution in [0.15, 0.2) is 24.3 Å². The van der Waals surface area contributed by atoms with Crippen LogP contribution in [0.25, 0.3) is 0 Å². The zero-order valence-corrected chi connectivity index (χ0v) is 12.2. The van der Waals surface area contributed by atoms with Gasteiger partial charge in [-0.05, 0) is 37.9 Å². The van der Waals surface area contributed by atoms with E-state index in [9.17, 15) is 5.11 Å². The molecule has 2 heteroatoms. The monoisotopic (exact) mass is 249 g/mol. The Hall–Kier alpha value is -0.860.